The molecule has 2 aliphatic heterocycles. The normalized spacial score (nSPS) is 13.3. The molecule has 2 aliphatic rings. The van der Waals surface area contributed by atoms with Crippen molar-refractivity contribution in [3.63, 3.8) is 0 Å². The van der Waals surface area contributed by atoms with E-state index in [1.165, 1.54) is 91.7 Å². The quantitative estimate of drug-likeness (QED) is 0.232. The Kier molecular flexibility index (Phi) is 5.84. The van der Waals surface area contributed by atoms with Gasteiger partial charge in [-0.25, -0.2) is 0 Å². The lowest BCUT2D eigenvalue weighted by Gasteiger charge is -2.34. The van der Waals surface area contributed by atoms with Gasteiger partial charge in [-0.05, 0) is 70.5 Å². The monoisotopic (exact) mass is 498 g/mol. The van der Waals surface area contributed by atoms with Crippen molar-refractivity contribution in [3.05, 3.63) is 95.1 Å². The van der Waals surface area contributed by atoms with Gasteiger partial charge in [0.1, 0.15) is 24.7 Å². The Morgan fingerprint density at radius 2 is 0.974 bits per heavy atom. The number of unbranched alkanes of at least 4 members (excludes halogenated alkanes) is 2. The lowest BCUT2D eigenvalue weighted by atomic mass is 9.75. The molecule has 0 radical (unpaired) electrons. The zero-order valence-electron chi connectivity index (χ0n) is 22.4. The molecule has 0 fully saturated rings. The van der Waals surface area contributed by atoms with E-state index in [2.05, 4.69) is 86.6 Å². The maximum absolute atomic E-state index is 6.57. The van der Waals surface area contributed by atoms with Crippen LogP contribution in [0.1, 0.15) is 61.8 Å². The molecule has 5 aromatic rings. The second-order valence-corrected chi connectivity index (χ2v) is 10.8. The molecule has 0 saturated carbocycles. The first kappa shape index (κ1) is 23.3. The summed E-state index contributed by atoms with van der Waals surface area (Å²) in [5.74, 6) is 1.99. The predicted molar refractivity (Wildman–Crippen MR) is 158 cm³/mol. The van der Waals surface area contributed by atoms with E-state index in [1.54, 1.807) is 0 Å². The van der Waals surface area contributed by atoms with E-state index in [0.29, 0.717) is 13.2 Å². The molecule has 0 N–H and O–H groups in total. The first-order chi connectivity index (χ1) is 18.8. The highest BCUT2D eigenvalue weighted by atomic mass is 16.5. The van der Waals surface area contributed by atoms with Crippen LogP contribution in [-0.4, -0.2) is 0 Å². The third kappa shape index (κ3) is 3.54. The van der Waals surface area contributed by atoms with Gasteiger partial charge in [-0.1, -0.05) is 87.4 Å². The average Bonchev–Trinajstić information content (AvgIpc) is 2.98. The van der Waals surface area contributed by atoms with Gasteiger partial charge in [-0.2, -0.15) is 0 Å². The lowest BCUT2D eigenvalue weighted by Crippen LogP contribution is -2.19. The first-order valence-electron chi connectivity index (χ1n) is 14.3. The molecule has 190 valence electrons. The molecule has 0 aliphatic carbocycles. The largest absolute Gasteiger partial charge is 0.488 e. The Morgan fingerprint density at radius 1 is 0.526 bits per heavy atom. The van der Waals surface area contributed by atoms with Crippen molar-refractivity contribution < 1.29 is 9.47 Å². The maximum Gasteiger partial charge on any atom is 0.128 e. The van der Waals surface area contributed by atoms with Crippen molar-refractivity contribution in [2.45, 2.75) is 65.6 Å². The van der Waals surface area contributed by atoms with Crippen LogP contribution in [0.25, 0.3) is 43.8 Å². The highest BCUT2D eigenvalue weighted by molar-refractivity contribution is 6.11. The van der Waals surface area contributed by atoms with Crippen molar-refractivity contribution in [2.75, 3.05) is 0 Å². The van der Waals surface area contributed by atoms with Crippen LogP contribution in [0.5, 0.6) is 11.5 Å². The summed E-state index contributed by atoms with van der Waals surface area (Å²) in [6.07, 6.45) is 6.93. The molecule has 0 atom stereocenters. The van der Waals surface area contributed by atoms with Crippen molar-refractivity contribution in [1.82, 2.24) is 0 Å². The van der Waals surface area contributed by atoms with E-state index in [0.717, 1.165) is 24.3 Å². The second kappa shape index (κ2) is 9.51. The topological polar surface area (TPSA) is 18.5 Å². The highest BCUT2D eigenvalue weighted by Crippen LogP contribution is 2.55. The summed E-state index contributed by atoms with van der Waals surface area (Å²) in [7, 11) is 0. The number of fused-ring (bicyclic) bond motifs is 11. The maximum atomic E-state index is 6.57. The SMILES string of the molecule is CCCCc1c(CCCC)c2c(c3c1COc1ccc4ccccc4c1-3)-c1c(ccc3ccccc13)OC2. The van der Waals surface area contributed by atoms with E-state index in [1.807, 2.05) is 0 Å². The third-order valence-corrected chi connectivity index (χ3v) is 8.53. The summed E-state index contributed by atoms with van der Waals surface area (Å²) in [6, 6.07) is 26.3. The van der Waals surface area contributed by atoms with Crippen molar-refractivity contribution in [2.24, 2.45) is 0 Å². The van der Waals surface area contributed by atoms with E-state index >= 15 is 0 Å². The number of hydrogen-bond donors (Lipinski definition) is 0. The fourth-order valence-electron chi connectivity index (χ4n) is 6.71. The minimum atomic E-state index is 0.632. The summed E-state index contributed by atoms with van der Waals surface area (Å²) in [5, 5.41) is 5.05. The van der Waals surface area contributed by atoms with Gasteiger partial charge in [-0.15, -0.1) is 0 Å². The van der Waals surface area contributed by atoms with Crippen LogP contribution in [0.4, 0.5) is 0 Å². The van der Waals surface area contributed by atoms with Crippen molar-refractivity contribution in [1.29, 1.82) is 0 Å². The summed E-state index contributed by atoms with van der Waals surface area (Å²) >= 11 is 0. The average molecular weight is 499 g/mol. The predicted octanol–water partition coefficient (Wildman–Crippen LogP) is 9.80. The molecule has 0 spiro atoms. The number of benzene rings is 5. The number of rotatable bonds is 6. The summed E-state index contributed by atoms with van der Waals surface area (Å²) in [4.78, 5) is 0. The molecule has 5 aromatic carbocycles. The Morgan fingerprint density at radius 3 is 1.42 bits per heavy atom. The minimum Gasteiger partial charge on any atom is -0.488 e. The fraction of sp³-hybridized carbons (Fsp3) is 0.278. The van der Waals surface area contributed by atoms with E-state index in [9.17, 15) is 0 Å². The number of hydrogen-bond acceptors (Lipinski definition) is 2. The van der Waals surface area contributed by atoms with Crippen LogP contribution >= 0.6 is 0 Å². The van der Waals surface area contributed by atoms with Gasteiger partial charge in [-0.3, -0.25) is 0 Å². The molecule has 0 saturated heterocycles. The molecule has 0 aromatic heterocycles. The molecule has 0 amide bonds. The van der Waals surface area contributed by atoms with Crippen molar-refractivity contribution in [3.8, 4) is 33.8 Å². The van der Waals surface area contributed by atoms with Gasteiger partial charge in [0.2, 0.25) is 0 Å². The second-order valence-electron chi connectivity index (χ2n) is 10.8. The molecule has 0 bridgehead atoms. The molecule has 2 heterocycles. The highest BCUT2D eigenvalue weighted by Gasteiger charge is 2.34. The lowest BCUT2D eigenvalue weighted by molar-refractivity contribution is 0.295. The zero-order valence-corrected chi connectivity index (χ0v) is 22.4. The van der Waals surface area contributed by atoms with Crippen LogP contribution in [0.3, 0.4) is 0 Å². The summed E-state index contributed by atoms with van der Waals surface area (Å²) < 4.78 is 13.1. The van der Waals surface area contributed by atoms with E-state index < -0.39 is 0 Å². The van der Waals surface area contributed by atoms with Crippen molar-refractivity contribution >= 4 is 21.5 Å². The van der Waals surface area contributed by atoms with Gasteiger partial charge >= 0.3 is 0 Å². The first-order valence-corrected chi connectivity index (χ1v) is 14.3. The van der Waals surface area contributed by atoms with Gasteiger partial charge < -0.3 is 9.47 Å². The van der Waals surface area contributed by atoms with Crippen LogP contribution in [0.15, 0.2) is 72.8 Å². The Balaban J connectivity index is 1.66. The Labute approximate surface area is 225 Å². The van der Waals surface area contributed by atoms with Gasteiger partial charge in [0, 0.05) is 33.4 Å². The van der Waals surface area contributed by atoms with Crippen LogP contribution in [0, 0.1) is 0 Å². The Bertz CT molecular complexity index is 1570. The molecule has 7 rings (SSSR count). The Hall–Kier alpha value is -3.78. The molecule has 0 unspecified atom stereocenters. The fourth-order valence-corrected chi connectivity index (χ4v) is 6.71. The summed E-state index contributed by atoms with van der Waals surface area (Å²) in [5.41, 5.74) is 11.1. The number of ether oxygens (including phenoxy) is 2. The molecule has 38 heavy (non-hydrogen) atoms. The molecular weight excluding hydrogens is 464 g/mol. The van der Waals surface area contributed by atoms with Crippen LogP contribution in [-0.2, 0) is 26.1 Å². The molecule has 2 nitrogen and oxygen atoms in total. The van der Waals surface area contributed by atoms with Crippen LogP contribution in [0.2, 0.25) is 0 Å². The molecular formula is C36H34O2. The van der Waals surface area contributed by atoms with Gasteiger partial charge in [0.05, 0.1) is 0 Å². The third-order valence-electron chi connectivity index (χ3n) is 8.53. The van der Waals surface area contributed by atoms with E-state index in [4.69, 9.17) is 9.47 Å². The van der Waals surface area contributed by atoms with Gasteiger partial charge in [0.25, 0.3) is 0 Å². The zero-order chi connectivity index (χ0) is 25.6. The summed E-state index contributed by atoms with van der Waals surface area (Å²) in [6.45, 7) is 5.85. The smallest absolute Gasteiger partial charge is 0.128 e. The standard InChI is InChI=1S/C36H34O2/c1-3-5-13-27-28(14-6-4-2)30-22-38-32-20-18-24-12-8-10-16-26(24)34(32)36(30)35-29(27)21-37-31-19-17-23-11-7-9-15-25(23)33(31)35/h7-12,15-20H,3-6,13-14,21-22H2,1-2H3. The molecule has 2 heteroatoms. The van der Waals surface area contributed by atoms with Gasteiger partial charge in [0.15, 0.2) is 0 Å². The van der Waals surface area contributed by atoms with E-state index in [-0.39, 0.29) is 0 Å². The minimum absolute atomic E-state index is 0.632. The van der Waals surface area contributed by atoms with Crippen LogP contribution < -0.4 is 9.47 Å².